The molecule has 0 aromatic rings. The Hall–Kier alpha value is -0.650. The van der Waals surface area contributed by atoms with Gasteiger partial charge in [-0.3, -0.25) is 10.2 Å². The number of carbonyl (C=O) groups excluding carboxylic acids is 1. The molecule has 0 bridgehead atoms. The van der Waals surface area contributed by atoms with Gasteiger partial charge in [0.05, 0.1) is 0 Å². The number of rotatable bonds is 3. The monoisotopic (exact) mass is 254 g/mol. The van der Waals surface area contributed by atoms with Crippen LogP contribution in [0.4, 0.5) is 0 Å². The molecule has 104 valence electrons. The van der Waals surface area contributed by atoms with Crippen LogP contribution in [-0.4, -0.2) is 55.6 Å². The molecule has 2 aliphatic rings. The number of hydrazine groups is 1. The predicted molar refractivity (Wildman–Crippen MR) is 71.7 cm³/mol. The molecule has 5 nitrogen and oxygen atoms in total. The zero-order chi connectivity index (χ0) is 13.0. The number of piperazine rings is 1. The van der Waals surface area contributed by atoms with Crippen molar-refractivity contribution in [2.45, 2.75) is 25.7 Å². The molecule has 2 rings (SSSR count). The molecule has 0 atom stereocenters. The van der Waals surface area contributed by atoms with E-state index >= 15 is 0 Å². The molecule has 0 spiro atoms. The minimum Gasteiger partial charge on any atom is -0.330 e. The van der Waals surface area contributed by atoms with E-state index < -0.39 is 0 Å². The first kappa shape index (κ1) is 13.8. The lowest BCUT2D eigenvalue weighted by molar-refractivity contribution is -0.132. The highest BCUT2D eigenvalue weighted by Crippen LogP contribution is 2.28. The van der Waals surface area contributed by atoms with Gasteiger partial charge in [0.1, 0.15) is 0 Å². The minimum absolute atomic E-state index is 0.201. The Morgan fingerprint density at radius 1 is 1.17 bits per heavy atom. The Morgan fingerprint density at radius 3 is 2.33 bits per heavy atom. The predicted octanol–water partition coefficient (Wildman–Crippen LogP) is 0.0301. The number of carbonyl (C=O) groups is 1. The summed E-state index contributed by atoms with van der Waals surface area (Å²) in [5, 5.41) is 2.07. The second-order valence-corrected chi connectivity index (χ2v) is 5.72. The molecule has 1 aliphatic heterocycles. The highest BCUT2D eigenvalue weighted by molar-refractivity contribution is 5.78. The summed E-state index contributed by atoms with van der Waals surface area (Å²) in [6, 6.07) is 0. The van der Waals surface area contributed by atoms with Gasteiger partial charge < -0.3 is 10.6 Å². The molecule has 0 aromatic heterocycles. The van der Waals surface area contributed by atoms with Crippen LogP contribution in [0.15, 0.2) is 0 Å². The van der Waals surface area contributed by atoms with Gasteiger partial charge in [-0.1, -0.05) is 0 Å². The fraction of sp³-hybridized carbons (Fsp3) is 0.923. The van der Waals surface area contributed by atoms with Crippen LogP contribution in [-0.2, 0) is 4.79 Å². The number of nitrogens with two attached hydrogens (primary N) is 1. The molecule has 1 heterocycles. The maximum Gasteiger partial charge on any atom is 0.237 e. The smallest absolute Gasteiger partial charge is 0.237 e. The largest absolute Gasteiger partial charge is 0.330 e. The first-order valence-corrected chi connectivity index (χ1v) is 7.13. The second kappa shape index (κ2) is 6.50. The Morgan fingerprint density at radius 2 is 1.78 bits per heavy atom. The fourth-order valence-corrected chi connectivity index (χ4v) is 2.83. The average Bonchev–Trinajstić information content (AvgIpc) is 2.41. The minimum atomic E-state index is 0.201. The van der Waals surface area contributed by atoms with Gasteiger partial charge in [-0.25, -0.2) is 5.01 Å². The third kappa shape index (κ3) is 3.67. The number of hydrogen-bond acceptors (Lipinski definition) is 4. The lowest BCUT2D eigenvalue weighted by Gasteiger charge is -2.34. The van der Waals surface area contributed by atoms with Gasteiger partial charge in [-0.05, 0) is 45.2 Å². The molecular weight excluding hydrogens is 228 g/mol. The van der Waals surface area contributed by atoms with Crippen LogP contribution in [0.3, 0.4) is 0 Å². The summed E-state index contributed by atoms with van der Waals surface area (Å²) < 4.78 is 0. The summed E-state index contributed by atoms with van der Waals surface area (Å²) in [5.41, 5.74) is 8.75. The molecule has 1 amide bonds. The molecular formula is C13H26N4O. The van der Waals surface area contributed by atoms with E-state index in [9.17, 15) is 4.79 Å². The summed E-state index contributed by atoms with van der Waals surface area (Å²) >= 11 is 0. The Balaban J connectivity index is 1.72. The van der Waals surface area contributed by atoms with Crippen LogP contribution in [0, 0.1) is 11.8 Å². The van der Waals surface area contributed by atoms with Gasteiger partial charge in [0.25, 0.3) is 0 Å². The summed E-state index contributed by atoms with van der Waals surface area (Å²) in [4.78, 5) is 14.4. The third-order valence-electron chi connectivity index (χ3n) is 4.32. The average molecular weight is 254 g/mol. The molecule has 0 aromatic carbocycles. The first-order chi connectivity index (χ1) is 8.69. The summed E-state index contributed by atoms with van der Waals surface area (Å²) in [6.07, 6.45) is 4.22. The summed E-state index contributed by atoms with van der Waals surface area (Å²) in [6.45, 7) is 4.69. The van der Waals surface area contributed by atoms with Gasteiger partial charge in [0, 0.05) is 32.1 Å². The van der Waals surface area contributed by atoms with Crippen LogP contribution < -0.4 is 11.2 Å². The van der Waals surface area contributed by atoms with Crippen LogP contribution in [0.2, 0.25) is 0 Å². The van der Waals surface area contributed by atoms with Gasteiger partial charge in [-0.2, -0.15) is 0 Å². The van der Waals surface area contributed by atoms with Crippen molar-refractivity contribution in [1.29, 1.82) is 0 Å². The topological polar surface area (TPSA) is 61.6 Å². The van der Waals surface area contributed by atoms with E-state index in [1.165, 1.54) is 0 Å². The van der Waals surface area contributed by atoms with Crippen molar-refractivity contribution in [2.75, 3.05) is 39.8 Å². The molecule has 1 aliphatic carbocycles. The quantitative estimate of drug-likeness (QED) is 0.746. The molecule has 5 heteroatoms. The lowest BCUT2D eigenvalue weighted by atomic mass is 9.82. The summed E-state index contributed by atoms with van der Waals surface area (Å²) in [5.74, 6) is 1.06. The van der Waals surface area contributed by atoms with E-state index in [2.05, 4.69) is 22.4 Å². The van der Waals surface area contributed by atoms with Crippen LogP contribution in [0.1, 0.15) is 25.7 Å². The van der Waals surface area contributed by atoms with Gasteiger partial charge >= 0.3 is 0 Å². The molecule has 0 unspecified atom stereocenters. The van der Waals surface area contributed by atoms with Crippen molar-refractivity contribution in [2.24, 2.45) is 17.6 Å². The third-order valence-corrected chi connectivity index (χ3v) is 4.32. The van der Waals surface area contributed by atoms with Gasteiger partial charge in [0.15, 0.2) is 0 Å². The van der Waals surface area contributed by atoms with Crippen molar-refractivity contribution in [3.05, 3.63) is 0 Å². The van der Waals surface area contributed by atoms with Crippen molar-refractivity contribution in [3.8, 4) is 0 Å². The normalized spacial score (nSPS) is 31.2. The van der Waals surface area contributed by atoms with Crippen LogP contribution in [0.5, 0.6) is 0 Å². The first-order valence-electron chi connectivity index (χ1n) is 7.13. The molecule has 18 heavy (non-hydrogen) atoms. The standard InChI is InChI=1S/C13H26N4O/c1-16-6-8-17(9-7-16)15-13(18)12-4-2-11(10-14)3-5-12/h11-12H,2-10,14H2,1H3,(H,15,18). The molecule has 1 saturated carbocycles. The zero-order valence-electron chi connectivity index (χ0n) is 11.4. The van der Waals surface area contributed by atoms with Gasteiger partial charge in [0.2, 0.25) is 5.91 Å². The van der Waals surface area contributed by atoms with Gasteiger partial charge in [-0.15, -0.1) is 0 Å². The Bertz CT molecular complexity index is 268. The van der Waals surface area contributed by atoms with E-state index in [-0.39, 0.29) is 11.8 Å². The Kier molecular flexibility index (Phi) is 4.97. The van der Waals surface area contributed by atoms with Crippen molar-refractivity contribution < 1.29 is 4.79 Å². The highest BCUT2D eigenvalue weighted by Gasteiger charge is 2.27. The Labute approximate surface area is 110 Å². The van der Waals surface area contributed by atoms with E-state index in [0.29, 0.717) is 5.92 Å². The lowest BCUT2D eigenvalue weighted by Crippen LogP contribution is -2.54. The number of nitrogens with one attached hydrogen (secondary N) is 1. The van der Waals surface area contributed by atoms with Crippen LogP contribution >= 0.6 is 0 Å². The maximum absolute atomic E-state index is 12.1. The van der Waals surface area contributed by atoms with Crippen molar-refractivity contribution in [3.63, 3.8) is 0 Å². The number of nitrogens with zero attached hydrogens (tertiary/aromatic N) is 2. The molecule has 2 fully saturated rings. The van der Waals surface area contributed by atoms with E-state index in [1.54, 1.807) is 0 Å². The SMILES string of the molecule is CN1CCN(NC(=O)C2CCC(CN)CC2)CC1. The maximum atomic E-state index is 12.1. The van der Waals surface area contributed by atoms with Crippen molar-refractivity contribution in [1.82, 2.24) is 15.3 Å². The number of likely N-dealkylation sites (N-methyl/N-ethyl adjacent to an activating group) is 1. The summed E-state index contributed by atoms with van der Waals surface area (Å²) in [7, 11) is 2.12. The second-order valence-electron chi connectivity index (χ2n) is 5.72. The van der Waals surface area contributed by atoms with E-state index in [4.69, 9.17) is 5.73 Å². The molecule has 3 N–H and O–H groups in total. The number of amides is 1. The van der Waals surface area contributed by atoms with E-state index in [0.717, 1.165) is 58.4 Å². The van der Waals surface area contributed by atoms with E-state index in [1.807, 2.05) is 0 Å². The molecule has 0 radical (unpaired) electrons. The van der Waals surface area contributed by atoms with Crippen LogP contribution in [0.25, 0.3) is 0 Å². The number of hydrogen-bond donors (Lipinski definition) is 2. The molecule has 1 saturated heterocycles. The fourth-order valence-electron chi connectivity index (χ4n) is 2.83. The highest BCUT2D eigenvalue weighted by atomic mass is 16.2. The van der Waals surface area contributed by atoms with Crippen molar-refractivity contribution >= 4 is 5.91 Å². The zero-order valence-corrected chi connectivity index (χ0v) is 11.4.